The molecule has 1 aliphatic rings. The van der Waals surface area contributed by atoms with Gasteiger partial charge in [0, 0.05) is 31.6 Å². The molecule has 1 N–H and O–H groups in total. The van der Waals surface area contributed by atoms with Crippen LogP contribution in [0.25, 0.3) is 0 Å². The van der Waals surface area contributed by atoms with Crippen LogP contribution >= 0.6 is 11.6 Å². The van der Waals surface area contributed by atoms with Gasteiger partial charge in [-0.1, -0.05) is 23.7 Å². The minimum Gasteiger partial charge on any atom is -0.394 e. The second kappa shape index (κ2) is 8.49. The van der Waals surface area contributed by atoms with Crippen molar-refractivity contribution in [3.8, 4) is 0 Å². The first-order valence-electron chi connectivity index (χ1n) is 7.43. The zero-order chi connectivity index (χ0) is 15.1. The molecule has 2 rings (SSSR count). The Morgan fingerprint density at radius 2 is 2.05 bits per heavy atom. The second-order valence-electron chi connectivity index (χ2n) is 5.29. The number of ether oxygens (including phenoxy) is 1. The van der Waals surface area contributed by atoms with Crippen LogP contribution in [0.2, 0.25) is 5.02 Å². The third-order valence-electron chi connectivity index (χ3n) is 3.81. The second-order valence-corrected chi connectivity index (χ2v) is 5.70. The van der Waals surface area contributed by atoms with Gasteiger partial charge in [0.2, 0.25) is 0 Å². The molecule has 1 heterocycles. The van der Waals surface area contributed by atoms with Crippen LogP contribution in [0.5, 0.6) is 0 Å². The van der Waals surface area contributed by atoms with Gasteiger partial charge in [-0.05, 0) is 25.0 Å². The van der Waals surface area contributed by atoms with Gasteiger partial charge in [0.05, 0.1) is 24.3 Å². The van der Waals surface area contributed by atoms with Crippen LogP contribution in [0.1, 0.15) is 29.6 Å². The minimum atomic E-state index is 0.0759. The number of carbonyl (C=O) groups excluding carboxylic acids is 1. The third-order valence-corrected chi connectivity index (χ3v) is 4.14. The molecule has 0 aromatic heterocycles. The van der Waals surface area contributed by atoms with Gasteiger partial charge in [-0.15, -0.1) is 0 Å². The van der Waals surface area contributed by atoms with E-state index in [1.807, 2.05) is 12.1 Å². The fourth-order valence-corrected chi connectivity index (χ4v) is 2.84. The largest absolute Gasteiger partial charge is 0.394 e. The van der Waals surface area contributed by atoms with Crippen LogP contribution in [0.4, 0.5) is 0 Å². The molecule has 4 nitrogen and oxygen atoms in total. The molecule has 0 bridgehead atoms. The van der Waals surface area contributed by atoms with E-state index in [1.54, 1.807) is 12.1 Å². The Hall–Kier alpha value is -0.940. The predicted molar refractivity (Wildman–Crippen MR) is 82.9 cm³/mol. The lowest BCUT2D eigenvalue weighted by Gasteiger charge is -2.31. The smallest absolute Gasteiger partial charge is 0.165 e. The summed E-state index contributed by atoms with van der Waals surface area (Å²) in [5.74, 6) is 0.0965. The average molecular weight is 312 g/mol. The summed E-state index contributed by atoms with van der Waals surface area (Å²) in [5.41, 5.74) is 0.611. The van der Waals surface area contributed by atoms with Gasteiger partial charge in [0.25, 0.3) is 0 Å². The van der Waals surface area contributed by atoms with E-state index in [1.165, 1.54) is 0 Å². The molecule has 0 amide bonds. The van der Waals surface area contributed by atoms with E-state index >= 15 is 0 Å². The number of piperidine rings is 1. The number of benzene rings is 1. The third kappa shape index (κ3) is 5.08. The average Bonchev–Trinajstić information content (AvgIpc) is 2.52. The maximum absolute atomic E-state index is 12.2. The molecule has 116 valence electrons. The molecule has 0 aliphatic carbocycles. The van der Waals surface area contributed by atoms with E-state index in [-0.39, 0.29) is 18.5 Å². The van der Waals surface area contributed by atoms with Crippen molar-refractivity contribution in [2.75, 3.05) is 32.8 Å². The number of carbonyl (C=O) groups is 1. The minimum absolute atomic E-state index is 0.0759. The van der Waals surface area contributed by atoms with Crippen molar-refractivity contribution in [1.29, 1.82) is 0 Å². The van der Waals surface area contributed by atoms with Gasteiger partial charge >= 0.3 is 0 Å². The van der Waals surface area contributed by atoms with Crippen LogP contribution < -0.4 is 0 Å². The molecule has 1 saturated heterocycles. The summed E-state index contributed by atoms with van der Waals surface area (Å²) in [6.45, 7) is 3.12. The number of hydrogen-bond acceptors (Lipinski definition) is 4. The topological polar surface area (TPSA) is 49.8 Å². The van der Waals surface area contributed by atoms with Crippen molar-refractivity contribution >= 4 is 17.4 Å². The Kier molecular flexibility index (Phi) is 6.64. The molecule has 1 aromatic rings. The number of nitrogens with zero attached hydrogens (tertiary/aromatic N) is 1. The van der Waals surface area contributed by atoms with Gasteiger partial charge in [-0.3, -0.25) is 4.79 Å². The van der Waals surface area contributed by atoms with E-state index in [0.29, 0.717) is 23.6 Å². The highest BCUT2D eigenvalue weighted by molar-refractivity contribution is 6.33. The van der Waals surface area contributed by atoms with Gasteiger partial charge in [0.1, 0.15) is 0 Å². The number of Topliss-reactive ketones (excluding diaryl/α,β-unsaturated/α-hetero) is 1. The summed E-state index contributed by atoms with van der Waals surface area (Å²) in [6.07, 6.45) is 2.65. The Balaban J connectivity index is 1.72. The fraction of sp³-hybridized carbons (Fsp3) is 0.562. The normalized spacial score (nSPS) is 17.0. The van der Waals surface area contributed by atoms with Gasteiger partial charge in [0.15, 0.2) is 5.78 Å². The van der Waals surface area contributed by atoms with Gasteiger partial charge in [-0.2, -0.15) is 0 Å². The maximum atomic E-state index is 12.2. The lowest BCUT2D eigenvalue weighted by Crippen LogP contribution is -2.38. The first kappa shape index (κ1) is 16.4. The van der Waals surface area contributed by atoms with Crippen LogP contribution in [0.15, 0.2) is 24.3 Å². The zero-order valence-electron chi connectivity index (χ0n) is 12.1. The molecule has 0 radical (unpaired) electrons. The van der Waals surface area contributed by atoms with Crippen LogP contribution in [-0.2, 0) is 4.74 Å². The predicted octanol–water partition coefficient (Wildman–Crippen LogP) is 2.39. The van der Waals surface area contributed by atoms with E-state index in [4.69, 9.17) is 21.4 Å². The number of rotatable bonds is 7. The Morgan fingerprint density at radius 3 is 2.71 bits per heavy atom. The van der Waals surface area contributed by atoms with Gasteiger partial charge in [-0.25, -0.2) is 0 Å². The summed E-state index contributed by atoms with van der Waals surface area (Å²) >= 11 is 6.04. The van der Waals surface area contributed by atoms with Crippen LogP contribution in [0, 0.1) is 0 Å². The number of halogens is 1. The van der Waals surface area contributed by atoms with Crippen molar-refractivity contribution in [1.82, 2.24) is 4.90 Å². The number of aliphatic hydroxyl groups is 1. The highest BCUT2D eigenvalue weighted by Crippen LogP contribution is 2.18. The molecular weight excluding hydrogens is 290 g/mol. The maximum Gasteiger partial charge on any atom is 0.165 e. The molecule has 0 atom stereocenters. The molecular formula is C16H22ClNO3. The number of likely N-dealkylation sites (tertiary alicyclic amines) is 1. The zero-order valence-corrected chi connectivity index (χ0v) is 12.9. The van der Waals surface area contributed by atoms with Crippen molar-refractivity contribution in [2.24, 2.45) is 0 Å². The standard InChI is InChI=1S/C16H22ClNO3/c17-15-4-2-1-3-14(15)16(20)7-10-18-8-5-13(6-9-18)21-12-11-19/h1-4,13,19H,5-12H2. The Morgan fingerprint density at radius 1 is 1.33 bits per heavy atom. The first-order valence-corrected chi connectivity index (χ1v) is 7.81. The molecule has 21 heavy (non-hydrogen) atoms. The highest BCUT2D eigenvalue weighted by atomic mass is 35.5. The van der Waals surface area contributed by atoms with E-state index in [2.05, 4.69) is 4.90 Å². The summed E-state index contributed by atoms with van der Waals surface area (Å²) < 4.78 is 5.53. The number of aliphatic hydroxyl groups excluding tert-OH is 1. The Bertz CT molecular complexity index is 459. The van der Waals surface area contributed by atoms with E-state index in [0.717, 1.165) is 32.5 Å². The van der Waals surface area contributed by atoms with Crippen molar-refractivity contribution in [3.63, 3.8) is 0 Å². The first-order chi connectivity index (χ1) is 10.2. The molecule has 5 heteroatoms. The summed E-state index contributed by atoms with van der Waals surface area (Å²) in [6, 6.07) is 7.19. The van der Waals surface area contributed by atoms with Crippen molar-refractivity contribution < 1.29 is 14.6 Å². The van der Waals surface area contributed by atoms with Crippen LogP contribution in [0.3, 0.4) is 0 Å². The monoisotopic (exact) mass is 311 g/mol. The SMILES string of the molecule is O=C(CCN1CCC(OCCO)CC1)c1ccccc1Cl. The molecule has 1 aromatic carbocycles. The fourth-order valence-electron chi connectivity index (χ4n) is 2.60. The molecule has 1 aliphatic heterocycles. The Labute approximate surface area is 130 Å². The van der Waals surface area contributed by atoms with Crippen LogP contribution in [-0.4, -0.2) is 54.7 Å². The van der Waals surface area contributed by atoms with E-state index < -0.39 is 0 Å². The lowest BCUT2D eigenvalue weighted by molar-refractivity contribution is -0.00760. The number of ketones is 1. The molecule has 1 fully saturated rings. The lowest BCUT2D eigenvalue weighted by atomic mass is 10.1. The summed E-state index contributed by atoms with van der Waals surface area (Å²) in [7, 11) is 0. The molecule has 0 spiro atoms. The quantitative estimate of drug-likeness (QED) is 0.786. The van der Waals surface area contributed by atoms with Gasteiger partial charge < -0.3 is 14.7 Å². The van der Waals surface area contributed by atoms with Crippen molar-refractivity contribution in [2.45, 2.75) is 25.4 Å². The molecule has 0 unspecified atom stereocenters. The highest BCUT2D eigenvalue weighted by Gasteiger charge is 2.20. The summed E-state index contributed by atoms with van der Waals surface area (Å²) in [4.78, 5) is 14.4. The molecule has 0 saturated carbocycles. The summed E-state index contributed by atoms with van der Waals surface area (Å²) in [5, 5.41) is 9.27. The van der Waals surface area contributed by atoms with E-state index in [9.17, 15) is 4.79 Å². The number of hydrogen-bond donors (Lipinski definition) is 1. The van der Waals surface area contributed by atoms with Crippen molar-refractivity contribution in [3.05, 3.63) is 34.9 Å².